The van der Waals surface area contributed by atoms with Crippen LogP contribution in [-0.2, 0) is 112 Å². The Hall–Kier alpha value is -13.2. The molecule has 2 saturated heterocycles. The number of aromatic nitrogens is 4. The van der Waals surface area contributed by atoms with Gasteiger partial charge in [-0.1, -0.05) is 120 Å². The molecule has 2 aliphatic rings. The standard InChI is InChI=1S/C95H133N21O19S/c1-10-12-30-74-79(120)40-58(25-21-33-101-95(98)99)87(128)111-73(89(130)105-49-83(124)104-48-82(97)123)52-136-53-85(126)108-70(36-57-23-15-14-16-24-57)91(132)113(7)56(5)86(127)109-72(44-81(96)122)93(134)116-34-22-32-75(116)80(121)41-59(37-64-47-100-54-106-64)77(118)42-60(35-55(3)4)90(131)112(6)50-84(125)107-69(38-61-45-102-67-28-19-17-26-65(61)67)78(119)43-63(51-117)88(129)110-71(39-62-46-103-68-29-20-18-27-66(62)68)92(133)115(9)76(31-13-11-2)94(135)114(74)8/h14-20,23-24,26-29,45-47,54-56,58-60,63,69-76,102-103,117H,10-13,21-22,25,30-44,48-53H2,1-9H3,(H2,96,122)(H2,97,123)(H,100,106)(H,104,124)(H,105,130)(H,107,125)(H,108,126)(H,109,127)(H,110,129)(H,111,128)(H4,98,99,101)/t56-,58+,59+,60+,63-,69-,70-,71-,72-,73-,74-,75-,76-/m0/s1. The van der Waals surface area contributed by atoms with Crippen molar-refractivity contribution < 1.29 is 91.4 Å². The summed E-state index contributed by atoms with van der Waals surface area (Å²) in [5.74, 6) is -21.3. The first-order valence-corrected chi connectivity index (χ1v) is 47.4. The van der Waals surface area contributed by atoms with Crippen LogP contribution in [0.4, 0.5) is 0 Å². The summed E-state index contributed by atoms with van der Waals surface area (Å²) >= 11 is 0.794. The topological polar surface area (TPSA) is 602 Å². The molecule has 3 aromatic heterocycles. The molecule has 136 heavy (non-hydrogen) atoms. The van der Waals surface area contributed by atoms with E-state index in [0.29, 0.717) is 69.9 Å². The van der Waals surface area contributed by atoms with Crippen LogP contribution in [0.15, 0.2) is 104 Å². The Balaban J connectivity index is 1.19. The second-order valence-electron chi connectivity index (χ2n) is 35.7. The monoisotopic (exact) mass is 1900 g/mol. The molecule has 0 radical (unpaired) electrons. The molecule has 13 atom stereocenters. The number of unbranched alkanes of at least 4 members (excludes halogenated alkanes) is 2. The lowest BCUT2D eigenvalue weighted by atomic mass is 9.83. The van der Waals surface area contributed by atoms with Crippen molar-refractivity contribution in [3.05, 3.63) is 126 Å². The number of aromatic amines is 3. The van der Waals surface area contributed by atoms with E-state index in [4.69, 9.17) is 22.6 Å². The molecule has 19 N–H and O–H groups in total. The highest BCUT2D eigenvalue weighted by Gasteiger charge is 2.44. The number of benzene rings is 3. The number of primary amides is 2. The normalized spacial score (nSPS) is 23.3. The van der Waals surface area contributed by atoms with Crippen LogP contribution < -0.4 is 59.7 Å². The van der Waals surface area contributed by atoms with Gasteiger partial charge in [-0.2, -0.15) is 0 Å². The number of para-hydroxylation sites is 2. The van der Waals surface area contributed by atoms with Crippen molar-refractivity contribution in [1.29, 1.82) is 5.41 Å². The number of nitrogens with two attached hydrogens (primary N) is 3. The van der Waals surface area contributed by atoms with E-state index >= 15 is 33.6 Å². The SMILES string of the molecule is CCCC[C@H]1C(=O)N(C)[C@@H](CCCC)C(=O)C[C@@H](CCCNC(=N)N)C(=O)N[C@H](C(=O)NCC(=O)NCC(N)=O)CSCC(=O)N[C@@H](Cc2ccccc2)C(=O)N(C)[C@@H](C)C(=O)N[C@@H](CC(N)=O)C(=O)N2CCC[C@H]2C(=O)C[C@@H](Cc2cnc[nH]2)C(=O)C[C@@H](CC(C)C)C(=O)N(C)CC(=O)N[C@@H](Cc2c[nH]c3ccccc23)C(=O)C[C@@H](CO)C(=O)N[C@@H](Cc2c[nH]c3ccccc23)C(=O)N1C. The Bertz CT molecular complexity index is 5200. The fourth-order valence-electron chi connectivity index (χ4n) is 17.2. The summed E-state index contributed by atoms with van der Waals surface area (Å²) < 4.78 is 0. The molecule has 0 unspecified atom stereocenters. The maximum atomic E-state index is 15.8. The molecule has 0 bridgehead atoms. The molecule has 6 aromatic rings. The second kappa shape index (κ2) is 53.2. The van der Waals surface area contributed by atoms with Crippen LogP contribution in [0.2, 0.25) is 0 Å². The van der Waals surface area contributed by atoms with E-state index in [9.17, 15) is 57.8 Å². The number of aliphatic hydroxyl groups excluding tert-OH is 1. The van der Waals surface area contributed by atoms with E-state index in [0.717, 1.165) is 21.6 Å². The zero-order valence-electron chi connectivity index (χ0n) is 78.8. The molecule has 8 rings (SSSR count). The average molecular weight is 1910 g/mol. The molecule has 3 aromatic carbocycles. The zero-order valence-corrected chi connectivity index (χ0v) is 79.6. The smallest absolute Gasteiger partial charge is 0.246 e. The zero-order chi connectivity index (χ0) is 99.6. The average Bonchev–Trinajstić information content (AvgIpc) is 1.60. The summed E-state index contributed by atoms with van der Waals surface area (Å²) in [5, 5.41) is 41.4. The Kier molecular flexibility index (Phi) is 42.3. The van der Waals surface area contributed by atoms with Gasteiger partial charge >= 0.3 is 0 Å². The van der Waals surface area contributed by atoms with E-state index in [1.54, 1.807) is 91.3 Å². The third-order valence-corrected chi connectivity index (χ3v) is 25.8. The number of hydrogen-bond acceptors (Lipinski definition) is 22. The van der Waals surface area contributed by atoms with Gasteiger partial charge in [-0.15, -0.1) is 11.8 Å². The Morgan fingerprint density at radius 3 is 1.74 bits per heavy atom. The van der Waals surface area contributed by atoms with Gasteiger partial charge < -0.3 is 104 Å². The predicted molar refractivity (Wildman–Crippen MR) is 507 cm³/mol. The number of guanidine groups is 1. The minimum Gasteiger partial charge on any atom is -0.396 e. The highest BCUT2D eigenvalue weighted by Crippen LogP contribution is 2.31. The molecule has 41 heteroatoms. The van der Waals surface area contributed by atoms with E-state index in [-0.39, 0.29) is 89.6 Å². The number of carbonyl (C=O) groups excluding carboxylic acids is 18. The molecule has 0 aliphatic carbocycles. The highest BCUT2D eigenvalue weighted by atomic mass is 32.2. The minimum absolute atomic E-state index is 0.0221. The maximum absolute atomic E-state index is 15.8. The number of rotatable bonds is 28. The second-order valence-corrected chi connectivity index (χ2v) is 36.7. The maximum Gasteiger partial charge on any atom is 0.246 e. The summed E-state index contributed by atoms with van der Waals surface area (Å²) in [7, 11) is 5.40. The third-order valence-electron chi connectivity index (χ3n) is 24.8. The van der Waals surface area contributed by atoms with E-state index in [1.807, 2.05) is 27.7 Å². The number of nitrogens with one attached hydrogen (secondary N) is 12. The number of likely N-dealkylation sites (N-methyl/N-ethyl adjacent to an activating group) is 4. The molecular formula is C95H133N21O19S. The van der Waals surface area contributed by atoms with Crippen LogP contribution in [-0.4, -0.2) is 295 Å². The largest absolute Gasteiger partial charge is 0.396 e. The summed E-state index contributed by atoms with van der Waals surface area (Å²) in [4.78, 5) is 282. The molecule has 14 amide bonds. The first-order chi connectivity index (χ1) is 64.8. The van der Waals surface area contributed by atoms with Gasteiger partial charge in [0.2, 0.25) is 82.7 Å². The number of nitrogens with zero attached hydrogens (tertiary/aromatic N) is 6. The van der Waals surface area contributed by atoms with E-state index < -0.39 is 260 Å². The number of fused-ring (bicyclic) bond motifs is 3. The molecule has 40 nitrogen and oxygen atoms in total. The van der Waals surface area contributed by atoms with Crippen molar-refractivity contribution in [1.82, 2.24) is 87.0 Å². The van der Waals surface area contributed by atoms with Gasteiger partial charge in [-0.25, -0.2) is 4.98 Å². The van der Waals surface area contributed by atoms with Crippen molar-refractivity contribution in [2.24, 2.45) is 46.8 Å². The number of hydrogen-bond donors (Lipinski definition) is 16. The summed E-state index contributed by atoms with van der Waals surface area (Å²) in [6.45, 7) is 5.72. The first-order valence-electron chi connectivity index (χ1n) is 46.3. The number of imidazole rings is 1. The Labute approximate surface area is 794 Å². The number of thioether (sulfide) groups is 1. The van der Waals surface area contributed by atoms with Crippen molar-refractivity contribution in [3.63, 3.8) is 0 Å². The Morgan fingerprint density at radius 2 is 1.12 bits per heavy atom. The van der Waals surface area contributed by atoms with E-state index in [1.165, 1.54) is 62.3 Å². The first kappa shape index (κ1) is 108. The quantitative estimate of drug-likeness (QED) is 0.0187. The predicted octanol–water partition coefficient (Wildman–Crippen LogP) is 1.34. The van der Waals surface area contributed by atoms with Gasteiger partial charge in [0.25, 0.3) is 0 Å². The number of Topliss-reactive ketones (excluding diaryl/α,β-unsaturated/α-hetero) is 4. The van der Waals surface area contributed by atoms with Crippen LogP contribution in [0.1, 0.15) is 160 Å². The molecule has 738 valence electrons. The van der Waals surface area contributed by atoms with Gasteiger partial charge in [-0.3, -0.25) is 91.7 Å². The van der Waals surface area contributed by atoms with Crippen LogP contribution in [0.25, 0.3) is 21.8 Å². The van der Waals surface area contributed by atoms with Gasteiger partial charge in [0.15, 0.2) is 23.3 Å². The van der Waals surface area contributed by atoms with Gasteiger partial charge in [0, 0.05) is 156 Å². The van der Waals surface area contributed by atoms with Crippen molar-refractivity contribution in [2.45, 2.75) is 217 Å². The number of ketones is 4. The lowest BCUT2D eigenvalue weighted by molar-refractivity contribution is -0.149. The van der Waals surface area contributed by atoms with Crippen LogP contribution in [0.3, 0.4) is 0 Å². The highest BCUT2D eigenvalue weighted by molar-refractivity contribution is 8.00. The molecule has 5 heterocycles. The molecule has 2 aliphatic heterocycles. The van der Waals surface area contributed by atoms with E-state index in [2.05, 4.69) is 62.5 Å². The molecule has 0 saturated carbocycles. The fourth-order valence-corrected chi connectivity index (χ4v) is 18.0. The van der Waals surface area contributed by atoms with Crippen LogP contribution in [0.5, 0.6) is 0 Å². The number of H-pyrrole nitrogens is 3. The number of aliphatic hydroxyl groups is 1. The lowest BCUT2D eigenvalue weighted by Crippen LogP contribution is -2.58. The van der Waals surface area contributed by atoms with Gasteiger partial charge in [-0.05, 0) is 93.0 Å². The van der Waals surface area contributed by atoms with Crippen molar-refractivity contribution in [2.75, 3.05) is 79.0 Å². The summed E-state index contributed by atoms with van der Waals surface area (Å²) in [6.07, 6.45) is 4.83. The molecule has 0 spiro atoms. The number of amides is 14. The summed E-state index contributed by atoms with van der Waals surface area (Å²) in [6, 6.07) is 9.78. The van der Waals surface area contributed by atoms with Crippen molar-refractivity contribution in [3.8, 4) is 0 Å². The van der Waals surface area contributed by atoms with Gasteiger partial charge in [0.1, 0.15) is 42.0 Å². The minimum atomic E-state index is -1.71. The number of carbonyl (C=O) groups is 18. The van der Waals surface area contributed by atoms with Crippen molar-refractivity contribution >= 4 is 145 Å². The lowest BCUT2D eigenvalue weighted by Gasteiger charge is -2.36. The Morgan fingerprint density at radius 1 is 0.551 bits per heavy atom. The molecular weight excluding hydrogens is 1770 g/mol. The third kappa shape index (κ3) is 32.0. The van der Waals surface area contributed by atoms with Crippen LogP contribution >= 0.6 is 11.8 Å². The van der Waals surface area contributed by atoms with Crippen LogP contribution in [0, 0.1) is 35.0 Å². The summed E-state index contributed by atoms with van der Waals surface area (Å²) in [5.41, 5.74) is 20.1. The molecule has 2 fully saturated rings. The van der Waals surface area contributed by atoms with Gasteiger partial charge in [0.05, 0.1) is 68.8 Å². The fraction of sp³-hybridized carbons (Fsp3) is 0.537.